The van der Waals surface area contributed by atoms with Gasteiger partial charge in [-0.2, -0.15) is 0 Å². The van der Waals surface area contributed by atoms with Crippen LogP contribution in [0.4, 0.5) is 25.0 Å². The van der Waals surface area contributed by atoms with Gasteiger partial charge in [-0.3, -0.25) is 10.1 Å². The maximum absolute atomic E-state index is 14.0. The van der Waals surface area contributed by atoms with Crippen molar-refractivity contribution in [3.05, 3.63) is 33.9 Å². The quantitative estimate of drug-likeness (QED) is 0.639. The van der Waals surface area contributed by atoms with E-state index in [4.69, 9.17) is 4.74 Å². The van der Waals surface area contributed by atoms with Crippen LogP contribution in [0.15, 0.2) is 12.1 Å². The number of hydrogen-bond acceptors (Lipinski definition) is 5. The summed E-state index contributed by atoms with van der Waals surface area (Å²) < 4.78 is 32.9. The molecule has 1 fully saturated rings. The van der Waals surface area contributed by atoms with Gasteiger partial charge in [0.1, 0.15) is 5.60 Å². The molecule has 9 heteroatoms. The predicted molar refractivity (Wildman–Crippen MR) is 92.1 cm³/mol. The summed E-state index contributed by atoms with van der Waals surface area (Å²) in [4.78, 5) is 24.1. The molecule has 26 heavy (non-hydrogen) atoms. The van der Waals surface area contributed by atoms with Crippen LogP contribution >= 0.6 is 0 Å². The van der Waals surface area contributed by atoms with Crippen molar-refractivity contribution in [3.63, 3.8) is 0 Å². The van der Waals surface area contributed by atoms with Gasteiger partial charge in [0.05, 0.1) is 4.92 Å². The highest BCUT2D eigenvalue weighted by Gasteiger charge is 2.33. The van der Waals surface area contributed by atoms with E-state index in [9.17, 15) is 23.7 Å². The van der Waals surface area contributed by atoms with E-state index >= 15 is 0 Å². The largest absolute Gasteiger partial charge is 0.444 e. The summed E-state index contributed by atoms with van der Waals surface area (Å²) in [6.07, 6.45) is 0.412. The van der Waals surface area contributed by atoms with Crippen molar-refractivity contribution in [1.82, 2.24) is 4.90 Å². The van der Waals surface area contributed by atoms with Gasteiger partial charge in [-0.1, -0.05) is 0 Å². The van der Waals surface area contributed by atoms with Gasteiger partial charge in [0.2, 0.25) is 0 Å². The van der Waals surface area contributed by atoms with Crippen LogP contribution in [-0.2, 0) is 4.74 Å². The van der Waals surface area contributed by atoms with Crippen LogP contribution in [0.3, 0.4) is 0 Å². The molecule has 2 unspecified atom stereocenters. The monoisotopic (exact) mass is 371 g/mol. The third-order valence-corrected chi connectivity index (χ3v) is 4.12. The van der Waals surface area contributed by atoms with Crippen LogP contribution in [0.2, 0.25) is 0 Å². The molecule has 0 bridgehead atoms. The van der Waals surface area contributed by atoms with Crippen LogP contribution < -0.4 is 5.32 Å². The predicted octanol–water partition coefficient (Wildman–Crippen LogP) is 4.07. The molecule has 7 nitrogen and oxygen atoms in total. The summed E-state index contributed by atoms with van der Waals surface area (Å²) in [6, 6.07) is 1.11. The highest BCUT2D eigenvalue weighted by molar-refractivity contribution is 5.69. The standard InChI is InChI=1S/C17H23F2N3O4/c1-10-9-11(7-8-21(10)16(23)26-17(2,3)4)20-15-13(22(24)25)6-5-12(18)14(15)19/h5-6,10-11,20H,7-9H2,1-4H3. The van der Waals surface area contributed by atoms with E-state index in [1.165, 1.54) is 0 Å². The first-order valence-corrected chi connectivity index (χ1v) is 8.38. The molecule has 2 atom stereocenters. The lowest BCUT2D eigenvalue weighted by Crippen LogP contribution is -2.49. The fraction of sp³-hybridized carbons (Fsp3) is 0.588. The second kappa shape index (κ2) is 7.43. The Hall–Kier alpha value is -2.45. The number of ether oxygens (including phenoxy) is 1. The number of rotatable bonds is 3. The van der Waals surface area contributed by atoms with Gasteiger partial charge in [0.15, 0.2) is 17.3 Å². The topological polar surface area (TPSA) is 84.7 Å². The summed E-state index contributed by atoms with van der Waals surface area (Å²) in [7, 11) is 0. The van der Waals surface area contributed by atoms with Crippen LogP contribution in [-0.4, -0.2) is 40.1 Å². The van der Waals surface area contributed by atoms with E-state index < -0.39 is 39.6 Å². The number of halogens is 2. The van der Waals surface area contributed by atoms with Crippen LogP contribution in [0, 0.1) is 21.7 Å². The molecule has 1 aromatic rings. The Balaban J connectivity index is 2.10. The minimum atomic E-state index is -1.28. The Kier molecular flexibility index (Phi) is 5.68. The normalized spacial score (nSPS) is 20.6. The lowest BCUT2D eigenvalue weighted by molar-refractivity contribution is -0.384. The minimum absolute atomic E-state index is 0.216. The SMILES string of the molecule is CC1CC(Nc2c([N+](=O)[O-])ccc(F)c2F)CCN1C(=O)OC(C)(C)C. The summed E-state index contributed by atoms with van der Waals surface area (Å²) in [5, 5.41) is 13.8. The first kappa shape index (κ1) is 19.9. The molecule has 1 N–H and O–H groups in total. The number of benzene rings is 1. The number of nitrogens with zero attached hydrogens (tertiary/aromatic N) is 2. The van der Waals surface area contributed by atoms with Crippen molar-refractivity contribution >= 4 is 17.5 Å². The Morgan fingerprint density at radius 3 is 2.58 bits per heavy atom. The summed E-state index contributed by atoms with van der Waals surface area (Å²) in [5.74, 6) is -2.43. The zero-order chi connectivity index (χ0) is 19.6. The lowest BCUT2D eigenvalue weighted by Gasteiger charge is -2.38. The zero-order valence-electron chi connectivity index (χ0n) is 15.2. The molecular weight excluding hydrogens is 348 g/mol. The fourth-order valence-electron chi connectivity index (χ4n) is 2.93. The molecule has 144 valence electrons. The van der Waals surface area contributed by atoms with Crippen molar-refractivity contribution in [3.8, 4) is 0 Å². The zero-order valence-corrected chi connectivity index (χ0v) is 15.2. The second-order valence-electron chi connectivity index (χ2n) is 7.40. The van der Waals surface area contributed by atoms with Crippen LogP contribution in [0.1, 0.15) is 40.5 Å². The van der Waals surface area contributed by atoms with Crippen molar-refractivity contribution in [1.29, 1.82) is 0 Å². The summed E-state index contributed by atoms with van der Waals surface area (Å²) >= 11 is 0. The molecule has 1 aliphatic heterocycles. The molecule has 2 rings (SSSR count). The van der Waals surface area contributed by atoms with Crippen molar-refractivity contribution < 1.29 is 23.2 Å². The molecule has 0 saturated carbocycles. The highest BCUT2D eigenvalue weighted by Crippen LogP contribution is 2.32. The van der Waals surface area contributed by atoms with Crippen LogP contribution in [0.5, 0.6) is 0 Å². The van der Waals surface area contributed by atoms with E-state index in [-0.39, 0.29) is 12.1 Å². The highest BCUT2D eigenvalue weighted by atomic mass is 19.2. The number of carbonyl (C=O) groups is 1. The summed E-state index contributed by atoms with van der Waals surface area (Å²) in [5.41, 5.74) is -1.60. The van der Waals surface area contributed by atoms with E-state index in [1.807, 2.05) is 6.92 Å². The van der Waals surface area contributed by atoms with Gasteiger partial charge >= 0.3 is 6.09 Å². The molecule has 0 radical (unpaired) electrons. The average molecular weight is 371 g/mol. The van der Waals surface area contributed by atoms with E-state index in [2.05, 4.69) is 5.32 Å². The summed E-state index contributed by atoms with van der Waals surface area (Å²) in [6.45, 7) is 7.48. The van der Waals surface area contributed by atoms with Gasteiger partial charge in [-0.15, -0.1) is 0 Å². The number of piperidine rings is 1. The maximum Gasteiger partial charge on any atom is 0.410 e. The third-order valence-electron chi connectivity index (χ3n) is 4.12. The van der Waals surface area contributed by atoms with Gasteiger partial charge in [-0.25, -0.2) is 13.6 Å². The van der Waals surface area contributed by atoms with Crippen LogP contribution in [0.25, 0.3) is 0 Å². The van der Waals surface area contributed by atoms with E-state index in [1.54, 1.807) is 25.7 Å². The molecule has 1 aromatic carbocycles. The third kappa shape index (κ3) is 4.59. The molecule has 1 heterocycles. The van der Waals surface area contributed by atoms with E-state index in [0.717, 1.165) is 12.1 Å². The Morgan fingerprint density at radius 2 is 2.04 bits per heavy atom. The number of carbonyl (C=O) groups excluding carboxylic acids is 1. The number of nitrogens with one attached hydrogen (secondary N) is 1. The molecule has 1 amide bonds. The van der Waals surface area contributed by atoms with Crippen molar-refractivity contribution in [2.45, 2.75) is 58.2 Å². The molecule has 1 saturated heterocycles. The van der Waals surface area contributed by atoms with Gasteiger partial charge < -0.3 is 15.0 Å². The Morgan fingerprint density at radius 1 is 1.38 bits per heavy atom. The van der Waals surface area contributed by atoms with Gasteiger partial charge in [-0.05, 0) is 46.6 Å². The average Bonchev–Trinajstić information content (AvgIpc) is 2.50. The van der Waals surface area contributed by atoms with E-state index in [0.29, 0.717) is 19.4 Å². The second-order valence-corrected chi connectivity index (χ2v) is 7.40. The van der Waals surface area contributed by atoms with Crippen molar-refractivity contribution in [2.75, 3.05) is 11.9 Å². The first-order valence-electron chi connectivity index (χ1n) is 8.38. The number of nitro benzene ring substituents is 1. The fourth-order valence-corrected chi connectivity index (χ4v) is 2.93. The number of hydrogen-bond donors (Lipinski definition) is 1. The number of anilines is 1. The van der Waals surface area contributed by atoms with Gasteiger partial charge in [0, 0.05) is 24.7 Å². The molecule has 0 spiro atoms. The Labute approximate surface area is 150 Å². The molecular formula is C17H23F2N3O4. The van der Waals surface area contributed by atoms with Crippen molar-refractivity contribution in [2.24, 2.45) is 0 Å². The number of likely N-dealkylation sites (tertiary alicyclic amines) is 1. The maximum atomic E-state index is 14.0. The molecule has 1 aliphatic rings. The number of nitro groups is 1. The van der Waals surface area contributed by atoms with Gasteiger partial charge in [0.25, 0.3) is 5.69 Å². The molecule has 0 aliphatic carbocycles. The first-order chi connectivity index (χ1) is 12.0. The molecule has 0 aromatic heterocycles. The lowest BCUT2D eigenvalue weighted by atomic mass is 9.98. The number of amides is 1. The smallest absolute Gasteiger partial charge is 0.410 e. The Bertz CT molecular complexity index is 706. The minimum Gasteiger partial charge on any atom is -0.444 e.